The average molecular weight is 858 g/mol. The largest absolute Gasteiger partial charge is 0.469 e. The normalized spacial score (nSPS) is 17.6. The minimum atomic E-state index is -1.49. The highest BCUT2D eigenvalue weighted by Gasteiger charge is 2.44. The lowest BCUT2D eigenvalue weighted by Gasteiger charge is -2.33. The molecule has 2 saturated heterocycles. The summed E-state index contributed by atoms with van der Waals surface area (Å²) in [5.41, 5.74) is 1.22. The van der Waals surface area contributed by atoms with E-state index in [9.17, 15) is 43.4 Å². The Balaban J connectivity index is 1.23. The Morgan fingerprint density at radius 3 is 1.32 bits per heavy atom. The maximum Gasteiger partial charge on any atom is 0.306 e. The lowest BCUT2D eigenvalue weighted by Crippen LogP contribution is -2.50. The zero-order valence-corrected chi connectivity index (χ0v) is 36.6. The van der Waals surface area contributed by atoms with E-state index in [1.54, 1.807) is 12.1 Å². The standard InChI is InChI=1S/C48H60FN3O10/c1-47(2,59)37(27-43(55)61-5)45(57)51-23-7-9-39(51)41(53)25-31-11-15-33(16-12-31)29-50(36-21-19-35(49)20-22-36)30-34-17-13-32(14-18-34)26-42(54)40-10-8-24-52(40)46(58)38(48(3,4)60)28-44(56)62-6/h11-22,37-40,59-60H,7-10,23-30H2,1-6H3/t37-,38-,39+,40+/m1/s1. The number of rotatable bonds is 19. The van der Waals surface area contributed by atoms with Gasteiger partial charge in [0.1, 0.15) is 5.82 Å². The Hall–Kier alpha value is -5.47. The maximum atomic E-state index is 14.0. The van der Waals surface area contributed by atoms with Crippen LogP contribution < -0.4 is 4.90 Å². The summed E-state index contributed by atoms with van der Waals surface area (Å²) in [6.45, 7) is 7.50. The molecule has 0 unspecified atom stereocenters. The molecule has 62 heavy (non-hydrogen) atoms. The van der Waals surface area contributed by atoms with Crippen LogP contribution in [0.15, 0.2) is 72.8 Å². The van der Waals surface area contributed by atoms with Crippen LogP contribution in [0.4, 0.5) is 10.1 Å². The average Bonchev–Trinajstić information content (AvgIpc) is 3.93. The van der Waals surface area contributed by atoms with Gasteiger partial charge >= 0.3 is 11.9 Å². The number of likely N-dealkylation sites (tertiary alicyclic amines) is 2. The number of halogens is 1. The van der Waals surface area contributed by atoms with E-state index >= 15 is 0 Å². The van der Waals surface area contributed by atoms with Crippen molar-refractivity contribution in [3.63, 3.8) is 0 Å². The van der Waals surface area contributed by atoms with Crippen LogP contribution in [0.1, 0.15) is 88.5 Å². The molecule has 3 aromatic carbocycles. The first-order valence-corrected chi connectivity index (χ1v) is 21.2. The molecule has 0 saturated carbocycles. The van der Waals surface area contributed by atoms with Gasteiger partial charge in [0.15, 0.2) is 11.6 Å². The molecule has 334 valence electrons. The summed E-state index contributed by atoms with van der Waals surface area (Å²) < 4.78 is 23.5. The summed E-state index contributed by atoms with van der Waals surface area (Å²) >= 11 is 0. The summed E-state index contributed by atoms with van der Waals surface area (Å²) in [5, 5.41) is 21.4. The molecule has 14 heteroatoms. The lowest BCUT2D eigenvalue weighted by molar-refractivity contribution is -0.155. The van der Waals surface area contributed by atoms with Gasteiger partial charge in [-0.2, -0.15) is 0 Å². The number of carbonyl (C=O) groups excluding carboxylic acids is 6. The first-order chi connectivity index (χ1) is 29.3. The van der Waals surface area contributed by atoms with Gasteiger partial charge in [0.2, 0.25) is 11.8 Å². The van der Waals surface area contributed by atoms with Crippen molar-refractivity contribution < 1.29 is 52.8 Å². The summed E-state index contributed by atoms with van der Waals surface area (Å²) in [7, 11) is 2.45. The number of benzene rings is 3. The van der Waals surface area contributed by atoms with Gasteiger partial charge in [-0.3, -0.25) is 28.8 Å². The van der Waals surface area contributed by atoms with Crippen molar-refractivity contribution in [3.05, 3.63) is 101 Å². The van der Waals surface area contributed by atoms with Crippen LogP contribution in [0.3, 0.4) is 0 Å². The number of methoxy groups -OCH3 is 2. The van der Waals surface area contributed by atoms with Crippen molar-refractivity contribution in [3.8, 4) is 0 Å². The fourth-order valence-electron chi connectivity index (χ4n) is 8.40. The highest BCUT2D eigenvalue weighted by atomic mass is 19.1. The van der Waals surface area contributed by atoms with Gasteiger partial charge < -0.3 is 34.4 Å². The van der Waals surface area contributed by atoms with Gasteiger partial charge in [-0.1, -0.05) is 48.5 Å². The molecular formula is C48H60FN3O10. The highest BCUT2D eigenvalue weighted by molar-refractivity contribution is 5.94. The van der Waals surface area contributed by atoms with Crippen molar-refractivity contribution in [1.29, 1.82) is 0 Å². The third kappa shape index (κ3) is 12.3. The minimum Gasteiger partial charge on any atom is -0.469 e. The zero-order chi connectivity index (χ0) is 45.4. The van der Waals surface area contributed by atoms with Gasteiger partial charge in [-0.25, -0.2) is 4.39 Å². The predicted octanol–water partition coefficient (Wildman–Crippen LogP) is 5.14. The lowest BCUT2D eigenvalue weighted by atomic mass is 9.86. The third-order valence-corrected chi connectivity index (χ3v) is 12.1. The van der Waals surface area contributed by atoms with E-state index in [2.05, 4.69) is 4.90 Å². The fraction of sp³-hybridized carbons (Fsp3) is 0.500. The van der Waals surface area contributed by atoms with E-state index in [-0.39, 0.29) is 43.1 Å². The quantitative estimate of drug-likeness (QED) is 0.153. The number of Topliss-reactive ketones (excluding diaryl/α,β-unsaturated/α-hetero) is 2. The molecule has 0 bridgehead atoms. The smallest absolute Gasteiger partial charge is 0.306 e. The fourth-order valence-corrected chi connectivity index (χ4v) is 8.40. The second kappa shape index (κ2) is 20.6. The SMILES string of the molecule is COC(=O)C[C@H](C(=O)N1CCC[C@H]1C(=O)Cc1ccc(CN(Cc2ccc(CC(=O)[C@@H]3CCCN3C(=O)[C@@H](CC(=O)OC)C(C)(C)O)cc2)c2ccc(F)cc2)cc1)C(C)(C)O. The molecule has 5 rings (SSSR count). The van der Waals surface area contributed by atoms with Crippen molar-refractivity contribution in [2.45, 2.75) is 115 Å². The Labute approximate surface area is 363 Å². The first kappa shape index (κ1) is 47.6. The summed E-state index contributed by atoms with van der Waals surface area (Å²) in [6, 6.07) is 20.1. The second-order valence-electron chi connectivity index (χ2n) is 17.6. The number of aliphatic hydroxyl groups is 2. The Morgan fingerprint density at radius 1 is 0.629 bits per heavy atom. The summed E-state index contributed by atoms with van der Waals surface area (Å²) in [4.78, 5) is 83.6. The number of esters is 2. The molecule has 3 aromatic rings. The number of hydrogen-bond acceptors (Lipinski definition) is 11. The van der Waals surface area contributed by atoms with E-state index in [1.165, 1.54) is 63.8 Å². The van der Waals surface area contributed by atoms with Crippen LogP contribution in [0.2, 0.25) is 0 Å². The van der Waals surface area contributed by atoms with E-state index in [4.69, 9.17) is 9.47 Å². The number of anilines is 1. The second-order valence-corrected chi connectivity index (χ2v) is 17.6. The Kier molecular flexibility index (Phi) is 15.8. The topological polar surface area (TPSA) is 171 Å². The molecule has 2 aliphatic heterocycles. The number of nitrogens with zero attached hydrogens (tertiary/aromatic N) is 3. The Morgan fingerprint density at radius 2 is 0.984 bits per heavy atom. The number of carbonyl (C=O) groups is 6. The minimum absolute atomic E-state index is 0.0985. The van der Waals surface area contributed by atoms with E-state index in [0.717, 1.165) is 27.9 Å². The third-order valence-electron chi connectivity index (χ3n) is 12.1. The zero-order valence-electron chi connectivity index (χ0n) is 36.6. The van der Waals surface area contributed by atoms with E-state index in [1.807, 2.05) is 48.5 Å². The maximum absolute atomic E-state index is 14.0. The molecule has 0 spiro atoms. The summed E-state index contributed by atoms with van der Waals surface area (Å²) in [6.07, 6.45) is 1.86. The van der Waals surface area contributed by atoms with Gasteiger partial charge in [0.25, 0.3) is 0 Å². The van der Waals surface area contributed by atoms with Crippen molar-refractivity contribution in [2.24, 2.45) is 11.8 Å². The van der Waals surface area contributed by atoms with Gasteiger partial charge in [0, 0.05) is 44.7 Å². The van der Waals surface area contributed by atoms with Gasteiger partial charge in [-0.15, -0.1) is 0 Å². The highest BCUT2D eigenvalue weighted by Crippen LogP contribution is 2.31. The molecule has 2 amide bonds. The van der Waals surface area contributed by atoms with Crippen molar-refractivity contribution in [2.75, 3.05) is 32.2 Å². The molecule has 2 aliphatic rings. The number of amides is 2. The van der Waals surface area contributed by atoms with Crippen LogP contribution in [0.25, 0.3) is 0 Å². The molecule has 2 heterocycles. The van der Waals surface area contributed by atoms with Crippen LogP contribution in [-0.2, 0) is 64.2 Å². The molecule has 0 radical (unpaired) electrons. The van der Waals surface area contributed by atoms with Gasteiger partial charge in [0.05, 0.1) is 62.2 Å². The molecule has 0 aliphatic carbocycles. The first-order valence-electron chi connectivity index (χ1n) is 21.2. The van der Waals surface area contributed by atoms with Gasteiger partial charge in [-0.05, 0) is 99.9 Å². The van der Waals surface area contributed by atoms with Crippen molar-refractivity contribution >= 4 is 41.0 Å². The molecule has 2 fully saturated rings. The van der Waals surface area contributed by atoms with Crippen LogP contribution in [-0.4, -0.2) is 106 Å². The number of ketones is 2. The molecule has 4 atom stereocenters. The predicted molar refractivity (Wildman–Crippen MR) is 229 cm³/mol. The van der Waals surface area contributed by atoms with E-state index < -0.39 is 58.9 Å². The monoisotopic (exact) mass is 857 g/mol. The summed E-state index contributed by atoms with van der Waals surface area (Å²) in [5.74, 6) is -4.85. The number of ether oxygens (including phenoxy) is 2. The van der Waals surface area contributed by atoms with Crippen molar-refractivity contribution in [1.82, 2.24) is 9.80 Å². The van der Waals surface area contributed by atoms with Crippen LogP contribution in [0.5, 0.6) is 0 Å². The Bertz CT molecular complexity index is 1930. The van der Waals surface area contributed by atoms with E-state index in [0.29, 0.717) is 51.9 Å². The number of hydrogen-bond donors (Lipinski definition) is 2. The molecular weight excluding hydrogens is 798 g/mol. The molecule has 2 N–H and O–H groups in total. The van der Waals surface area contributed by atoms with Crippen LogP contribution >= 0.6 is 0 Å². The molecule has 13 nitrogen and oxygen atoms in total. The van der Waals surface area contributed by atoms with Crippen LogP contribution in [0, 0.1) is 17.7 Å². The molecule has 0 aromatic heterocycles.